The van der Waals surface area contributed by atoms with Crippen LogP contribution in [0, 0.1) is 0 Å². The minimum Gasteiger partial charge on any atom is -0.481 e. The molecule has 22 heavy (non-hydrogen) atoms. The van der Waals surface area contributed by atoms with Crippen LogP contribution in [0.4, 0.5) is 18.9 Å². The quantitative estimate of drug-likeness (QED) is 0.919. The van der Waals surface area contributed by atoms with Crippen molar-refractivity contribution in [2.45, 2.75) is 25.1 Å². The van der Waals surface area contributed by atoms with E-state index in [1.54, 1.807) is 0 Å². The van der Waals surface area contributed by atoms with Gasteiger partial charge in [-0.1, -0.05) is 0 Å². The van der Waals surface area contributed by atoms with Crippen molar-refractivity contribution in [1.82, 2.24) is 9.88 Å². The fourth-order valence-corrected chi connectivity index (χ4v) is 2.25. The van der Waals surface area contributed by atoms with Crippen molar-refractivity contribution < 1.29 is 27.5 Å². The summed E-state index contributed by atoms with van der Waals surface area (Å²) in [6.45, 7) is -0.0860. The molecule has 1 aromatic heterocycles. The summed E-state index contributed by atoms with van der Waals surface area (Å²) in [4.78, 5) is 27.8. The molecule has 6 nitrogen and oxygen atoms in total. The van der Waals surface area contributed by atoms with Gasteiger partial charge in [-0.25, -0.2) is 4.98 Å². The van der Waals surface area contributed by atoms with Gasteiger partial charge in [0.25, 0.3) is 0 Å². The lowest BCUT2D eigenvalue weighted by Crippen LogP contribution is -2.48. The summed E-state index contributed by atoms with van der Waals surface area (Å²) >= 11 is 0. The average molecular weight is 317 g/mol. The lowest BCUT2D eigenvalue weighted by Gasteiger charge is -2.24. The second-order valence-corrected chi connectivity index (χ2v) is 4.73. The Labute approximate surface area is 124 Å². The number of amides is 2. The Morgan fingerprint density at radius 2 is 2.14 bits per heavy atom. The Kier molecular flexibility index (Phi) is 4.53. The third-order valence-electron chi connectivity index (χ3n) is 3.27. The number of carbonyl (C=O) groups is 2. The van der Waals surface area contributed by atoms with Gasteiger partial charge in [-0.2, -0.15) is 13.2 Å². The maximum absolute atomic E-state index is 12.5. The van der Waals surface area contributed by atoms with Crippen LogP contribution in [-0.4, -0.2) is 47.6 Å². The Balaban J connectivity index is 2.06. The van der Waals surface area contributed by atoms with Crippen LogP contribution in [0.5, 0.6) is 5.88 Å². The average Bonchev–Trinajstić information content (AvgIpc) is 2.95. The van der Waals surface area contributed by atoms with E-state index in [0.717, 1.165) is 0 Å². The van der Waals surface area contributed by atoms with E-state index < -0.39 is 24.0 Å². The maximum Gasteiger partial charge on any atom is 0.471 e. The number of pyridine rings is 1. The molecule has 0 aliphatic carbocycles. The van der Waals surface area contributed by atoms with Gasteiger partial charge in [0.15, 0.2) is 0 Å². The van der Waals surface area contributed by atoms with Crippen LogP contribution in [0.2, 0.25) is 0 Å². The van der Waals surface area contributed by atoms with Crippen molar-refractivity contribution in [1.29, 1.82) is 0 Å². The number of nitrogens with one attached hydrogen (secondary N) is 1. The van der Waals surface area contributed by atoms with Gasteiger partial charge in [-0.3, -0.25) is 9.59 Å². The van der Waals surface area contributed by atoms with Gasteiger partial charge < -0.3 is 15.0 Å². The highest BCUT2D eigenvalue weighted by atomic mass is 19.4. The number of alkyl halides is 3. The van der Waals surface area contributed by atoms with Crippen LogP contribution in [-0.2, 0) is 9.59 Å². The van der Waals surface area contributed by atoms with Crippen molar-refractivity contribution in [3.05, 3.63) is 18.3 Å². The highest BCUT2D eigenvalue weighted by Crippen LogP contribution is 2.26. The molecule has 0 spiro atoms. The zero-order chi connectivity index (χ0) is 16.3. The van der Waals surface area contributed by atoms with Crippen molar-refractivity contribution in [2.24, 2.45) is 0 Å². The number of carbonyl (C=O) groups excluding carboxylic acids is 2. The topological polar surface area (TPSA) is 71.5 Å². The monoisotopic (exact) mass is 317 g/mol. The van der Waals surface area contributed by atoms with Crippen LogP contribution < -0.4 is 10.1 Å². The Bertz CT molecular complexity index is 560. The number of halogens is 3. The number of aromatic nitrogens is 1. The highest BCUT2D eigenvalue weighted by molar-refractivity contribution is 5.98. The molecular formula is C13H14F3N3O3. The van der Waals surface area contributed by atoms with Gasteiger partial charge in [0, 0.05) is 12.6 Å². The summed E-state index contributed by atoms with van der Waals surface area (Å²) in [6.07, 6.45) is -3.12. The number of rotatable bonds is 3. The number of ether oxygens (including phenoxy) is 1. The number of likely N-dealkylation sites (tertiary alicyclic amines) is 1. The molecule has 2 amide bonds. The fraction of sp³-hybridized carbons (Fsp3) is 0.462. The first-order valence-corrected chi connectivity index (χ1v) is 6.51. The van der Waals surface area contributed by atoms with E-state index in [9.17, 15) is 22.8 Å². The molecule has 120 valence electrons. The first-order chi connectivity index (χ1) is 10.3. The normalized spacial score (nSPS) is 18.2. The van der Waals surface area contributed by atoms with Crippen LogP contribution in [0.15, 0.2) is 18.3 Å². The molecule has 0 aromatic carbocycles. The van der Waals surface area contributed by atoms with Gasteiger partial charge in [0.2, 0.25) is 11.8 Å². The van der Waals surface area contributed by atoms with E-state index in [-0.39, 0.29) is 13.0 Å². The molecule has 1 N–H and O–H groups in total. The Hall–Kier alpha value is -2.32. The standard InChI is InChI=1S/C13H14F3N3O3/c1-22-10-5-4-8(7-17-10)18-11(20)9-3-2-6-19(9)12(21)13(14,15)16/h4-5,7,9H,2-3,6H2,1H3,(H,18,20). The van der Waals surface area contributed by atoms with Gasteiger partial charge in [-0.05, 0) is 18.9 Å². The molecule has 1 aromatic rings. The maximum atomic E-state index is 12.5. The minimum absolute atomic E-state index is 0.0860. The van der Waals surface area contributed by atoms with E-state index in [0.29, 0.717) is 22.9 Å². The molecule has 2 rings (SSSR count). The van der Waals surface area contributed by atoms with Gasteiger partial charge in [0.1, 0.15) is 6.04 Å². The lowest BCUT2D eigenvalue weighted by molar-refractivity contribution is -0.186. The predicted octanol–water partition coefficient (Wildman–Crippen LogP) is 1.58. The second kappa shape index (κ2) is 6.20. The van der Waals surface area contributed by atoms with E-state index in [1.807, 2.05) is 0 Å². The van der Waals surface area contributed by atoms with Crippen LogP contribution in [0.1, 0.15) is 12.8 Å². The number of methoxy groups -OCH3 is 1. The van der Waals surface area contributed by atoms with Crippen molar-refractivity contribution >= 4 is 17.5 Å². The molecule has 1 aliphatic rings. The van der Waals surface area contributed by atoms with Gasteiger partial charge in [0.05, 0.1) is 19.0 Å². The Morgan fingerprint density at radius 1 is 1.41 bits per heavy atom. The van der Waals surface area contributed by atoms with E-state index in [1.165, 1.54) is 25.4 Å². The van der Waals surface area contributed by atoms with Gasteiger partial charge >= 0.3 is 12.1 Å². The summed E-state index contributed by atoms with van der Waals surface area (Å²) in [5, 5.41) is 2.45. The summed E-state index contributed by atoms with van der Waals surface area (Å²) in [5.41, 5.74) is 0.317. The van der Waals surface area contributed by atoms with E-state index >= 15 is 0 Å². The largest absolute Gasteiger partial charge is 0.481 e. The third kappa shape index (κ3) is 3.46. The summed E-state index contributed by atoms with van der Waals surface area (Å²) < 4.78 is 42.4. The zero-order valence-electron chi connectivity index (χ0n) is 11.7. The van der Waals surface area contributed by atoms with Crippen molar-refractivity contribution in [3.8, 4) is 5.88 Å². The highest BCUT2D eigenvalue weighted by Gasteiger charge is 2.47. The molecule has 1 aliphatic heterocycles. The molecule has 1 unspecified atom stereocenters. The number of hydrogen-bond acceptors (Lipinski definition) is 4. The van der Waals surface area contributed by atoms with Crippen LogP contribution in [0.25, 0.3) is 0 Å². The van der Waals surface area contributed by atoms with Gasteiger partial charge in [-0.15, -0.1) is 0 Å². The van der Waals surface area contributed by atoms with Crippen LogP contribution in [0.3, 0.4) is 0 Å². The molecule has 9 heteroatoms. The second-order valence-electron chi connectivity index (χ2n) is 4.73. The van der Waals surface area contributed by atoms with Crippen molar-refractivity contribution in [2.75, 3.05) is 19.0 Å². The summed E-state index contributed by atoms with van der Waals surface area (Å²) in [6, 6.07) is 1.88. The third-order valence-corrected chi connectivity index (χ3v) is 3.27. The molecule has 1 saturated heterocycles. The number of hydrogen-bond donors (Lipinski definition) is 1. The van der Waals surface area contributed by atoms with E-state index in [4.69, 9.17) is 4.74 Å². The summed E-state index contributed by atoms with van der Waals surface area (Å²) in [7, 11) is 1.43. The smallest absolute Gasteiger partial charge is 0.471 e. The summed E-state index contributed by atoms with van der Waals surface area (Å²) in [5.74, 6) is -2.31. The minimum atomic E-state index is -4.98. The van der Waals surface area contributed by atoms with E-state index in [2.05, 4.69) is 10.3 Å². The Morgan fingerprint density at radius 3 is 2.68 bits per heavy atom. The zero-order valence-corrected chi connectivity index (χ0v) is 11.7. The first-order valence-electron chi connectivity index (χ1n) is 6.51. The van der Waals surface area contributed by atoms with Crippen LogP contribution >= 0.6 is 0 Å². The number of nitrogens with zero attached hydrogens (tertiary/aromatic N) is 2. The lowest BCUT2D eigenvalue weighted by atomic mass is 10.2. The SMILES string of the molecule is COc1ccc(NC(=O)C2CCCN2C(=O)C(F)(F)F)cn1. The molecule has 0 saturated carbocycles. The van der Waals surface area contributed by atoms with Crippen molar-refractivity contribution in [3.63, 3.8) is 0 Å². The fourth-order valence-electron chi connectivity index (χ4n) is 2.25. The first kappa shape index (κ1) is 16.1. The number of anilines is 1. The molecule has 1 atom stereocenters. The predicted molar refractivity (Wildman–Crippen MR) is 70.2 cm³/mol. The molecule has 0 bridgehead atoms. The molecule has 0 radical (unpaired) electrons. The molecule has 2 heterocycles. The molecule has 1 fully saturated rings. The molecular weight excluding hydrogens is 303 g/mol.